The number of H-pyrrole nitrogens is 1. The molecular weight excluding hydrogens is 323 g/mol. The number of halogens is 1. The van der Waals surface area contributed by atoms with E-state index in [9.17, 15) is 0 Å². The van der Waals surface area contributed by atoms with E-state index in [1.54, 1.807) is 0 Å². The van der Waals surface area contributed by atoms with Crippen molar-refractivity contribution in [1.29, 1.82) is 0 Å². The van der Waals surface area contributed by atoms with E-state index in [-0.39, 0.29) is 0 Å². The Morgan fingerprint density at radius 3 is 2.71 bits per heavy atom. The lowest BCUT2D eigenvalue weighted by Crippen LogP contribution is -2.26. The first-order valence-corrected chi connectivity index (χ1v) is 7.46. The molecule has 0 aliphatic rings. The summed E-state index contributed by atoms with van der Waals surface area (Å²) in [6, 6.07) is 7.15. The minimum atomic E-state index is 0.567. The van der Waals surface area contributed by atoms with Crippen LogP contribution in [0.5, 0.6) is 0 Å². The summed E-state index contributed by atoms with van der Waals surface area (Å²) in [5.74, 6) is 0. The molecule has 0 spiro atoms. The van der Waals surface area contributed by atoms with Gasteiger partial charge in [0.1, 0.15) is 0 Å². The predicted octanol–water partition coefficient (Wildman–Crippen LogP) is 3.60. The van der Waals surface area contributed by atoms with Crippen LogP contribution in [0.4, 0.5) is 0 Å². The molecule has 0 saturated heterocycles. The third-order valence-corrected chi connectivity index (χ3v) is 4.25. The Morgan fingerprint density at radius 2 is 2.06 bits per heavy atom. The molecule has 1 N–H and O–H groups in total. The van der Waals surface area contributed by atoms with Crippen molar-refractivity contribution >= 4 is 33.5 Å². The van der Waals surface area contributed by atoms with Crippen LogP contribution in [0.15, 0.2) is 24.4 Å². The number of aromatic nitrogens is 1. The van der Waals surface area contributed by atoms with E-state index in [0.717, 1.165) is 10.8 Å². The van der Waals surface area contributed by atoms with Crippen molar-refractivity contribution in [3.8, 4) is 0 Å². The predicted molar refractivity (Wildman–Crippen MR) is 82.9 cm³/mol. The van der Waals surface area contributed by atoms with Gasteiger partial charge >= 0.3 is 0 Å². The minimum Gasteiger partial charge on any atom is -0.361 e. The van der Waals surface area contributed by atoms with Crippen LogP contribution < -0.4 is 0 Å². The minimum absolute atomic E-state index is 0.567. The Labute approximate surface area is 117 Å². The van der Waals surface area contributed by atoms with Crippen LogP contribution in [0, 0.1) is 0 Å². The number of nitrogens with zero attached hydrogens (tertiary/aromatic N) is 1. The normalized spacial score (nSPS) is 13.5. The van der Waals surface area contributed by atoms with Gasteiger partial charge in [0, 0.05) is 27.6 Å². The smallest absolute Gasteiger partial charge is 0.0497 e. The first kappa shape index (κ1) is 12.9. The van der Waals surface area contributed by atoms with Crippen molar-refractivity contribution in [1.82, 2.24) is 9.88 Å². The van der Waals surface area contributed by atoms with Gasteiger partial charge in [0.2, 0.25) is 0 Å². The van der Waals surface area contributed by atoms with Crippen LogP contribution >= 0.6 is 22.6 Å². The second kappa shape index (κ2) is 5.40. The first-order chi connectivity index (χ1) is 8.13. The van der Waals surface area contributed by atoms with E-state index in [2.05, 4.69) is 77.9 Å². The first-order valence-electron chi connectivity index (χ1n) is 5.93. The molecule has 3 heteroatoms. The molecule has 0 unspecified atom stereocenters. The van der Waals surface area contributed by atoms with E-state index in [4.69, 9.17) is 0 Å². The van der Waals surface area contributed by atoms with Gasteiger partial charge in [-0.2, -0.15) is 0 Å². The molecular formula is C14H19IN2. The summed E-state index contributed by atoms with van der Waals surface area (Å²) < 4.78 is 1.05. The number of nitrogens with one attached hydrogen (secondary N) is 1. The Morgan fingerprint density at radius 1 is 1.29 bits per heavy atom. The molecule has 1 heterocycles. The van der Waals surface area contributed by atoms with Crippen LogP contribution in [-0.2, 0) is 10.8 Å². The molecule has 0 aliphatic carbocycles. The number of aromatic amines is 1. The summed E-state index contributed by atoms with van der Waals surface area (Å²) >= 11 is 2.42. The van der Waals surface area contributed by atoms with E-state index >= 15 is 0 Å². The van der Waals surface area contributed by atoms with Gasteiger partial charge in [0.15, 0.2) is 0 Å². The lowest BCUT2D eigenvalue weighted by Gasteiger charge is -2.19. The quantitative estimate of drug-likeness (QED) is 0.665. The van der Waals surface area contributed by atoms with Crippen LogP contribution in [0.25, 0.3) is 10.9 Å². The zero-order chi connectivity index (χ0) is 12.4. The molecule has 2 rings (SSSR count). The van der Waals surface area contributed by atoms with Crippen molar-refractivity contribution in [2.45, 2.75) is 23.8 Å². The molecule has 17 heavy (non-hydrogen) atoms. The topological polar surface area (TPSA) is 19.0 Å². The standard InChI is InChI=1S/C14H19IN2/c1-10(17(2)3)7-12-9-16-14-11(8-15)5-4-6-13(12)14/h4-6,9-10,16H,7-8H2,1-3H3/t10-/m1/s1. The number of alkyl halides is 1. The lowest BCUT2D eigenvalue weighted by molar-refractivity contribution is 0.313. The maximum atomic E-state index is 3.43. The lowest BCUT2D eigenvalue weighted by atomic mass is 10.0. The van der Waals surface area contributed by atoms with Gasteiger partial charge in [0.25, 0.3) is 0 Å². The molecule has 1 atom stereocenters. The number of para-hydroxylation sites is 1. The molecule has 0 radical (unpaired) electrons. The summed E-state index contributed by atoms with van der Waals surface area (Å²) in [7, 11) is 4.27. The number of rotatable bonds is 4. The maximum absolute atomic E-state index is 3.43. The molecule has 0 aliphatic heterocycles. The summed E-state index contributed by atoms with van der Waals surface area (Å²) in [4.78, 5) is 5.69. The van der Waals surface area contributed by atoms with Gasteiger partial charge in [0.05, 0.1) is 0 Å². The van der Waals surface area contributed by atoms with Crippen molar-refractivity contribution < 1.29 is 0 Å². The van der Waals surface area contributed by atoms with Gasteiger partial charge in [-0.25, -0.2) is 0 Å². The highest BCUT2D eigenvalue weighted by molar-refractivity contribution is 14.1. The third kappa shape index (κ3) is 2.65. The van der Waals surface area contributed by atoms with Gasteiger partial charge < -0.3 is 9.88 Å². The van der Waals surface area contributed by atoms with E-state index in [1.165, 1.54) is 22.0 Å². The largest absolute Gasteiger partial charge is 0.361 e. The number of hydrogen-bond donors (Lipinski definition) is 1. The number of likely N-dealkylation sites (N-methyl/N-ethyl adjacent to an activating group) is 1. The molecule has 0 bridgehead atoms. The number of benzene rings is 1. The summed E-state index contributed by atoms with van der Waals surface area (Å²) in [5, 5.41) is 1.38. The van der Waals surface area contributed by atoms with Crippen molar-refractivity contribution in [3.63, 3.8) is 0 Å². The summed E-state index contributed by atoms with van der Waals surface area (Å²) in [6.45, 7) is 2.26. The van der Waals surface area contributed by atoms with Gasteiger partial charge in [-0.15, -0.1) is 0 Å². The summed E-state index contributed by atoms with van der Waals surface area (Å²) in [5.41, 5.74) is 4.13. The molecule has 2 nitrogen and oxygen atoms in total. The van der Waals surface area contributed by atoms with Gasteiger partial charge in [-0.3, -0.25) is 0 Å². The molecule has 0 saturated carbocycles. The molecule has 0 amide bonds. The van der Waals surface area contributed by atoms with Crippen LogP contribution in [0.2, 0.25) is 0 Å². The molecule has 2 aromatic rings. The zero-order valence-corrected chi connectivity index (χ0v) is 12.8. The van der Waals surface area contributed by atoms with E-state index in [0.29, 0.717) is 6.04 Å². The van der Waals surface area contributed by atoms with E-state index < -0.39 is 0 Å². The monoisotopic (exact) mass is 342 g/mol. The van der Waals surface area contributed by atoms with E-state index in [1.807, 2.05) is 0 Å². The average molecular weight is 342 g/mol. The fourth-order valence-corrected chi connectivity index (χ4v) is 2.69. The Kier molecular flexibility index (Phi) is 4.09. The number of hydrogen-bond acceptors (Lipinski definition) is 1. The number of fused-ring (bicyclic) bond motifs is 1. The van der Waals surface area contributed by atoms with Crippen molar-refractivity contribution in [2.24, 2.45) is 0 Å². The maximum Gasteiger partial charge on any atom is 0.0497 e. The van der Waals surface area contributed by atoms with Crippen LogP contribution in [0.1, 0.15) is 18.1 Å². The third-order valence-electron chi connectivity index (χ3n) is 3.43. The molecule has 0 fully saturated rings. The fraction of sp³-hybridized carbons (Fsp3) is 0.429. The highest BCUT2D eigenvalue weighted by Gasteiger charge is 2.11. The highest BCUT2D eigenvalue weighted by Crippen LogP contribution is 2.24. The molecule has 1 aromatic carbocycles. The van der Waals surface area contributed by atoms with Crippen LogP contribution in [0.3, 0.4) is 0 Å². The fourth-order valence-electron chi connectivity index (χ4n) is 2.06. The Bertz CT molecular complexity index is 502. The Balaban J connectivity index is 2.36. The molecule has 1 aromatic heterocycles. The van der Waals surface area contributed by atoms with Crippen LogP contribution in [-0.4, -0.2) is 30.0 Å². The highest BCUT2D eigenvalue weighted by atomic mass is 127. The zero-order valence-electron chi connectivity index (χ0n) is 10.6. The van der Waals surface area contributed by atoms with Crippen molar-refractivity contribution in [2.75, 3.05) is 14.1 Å². The SMILES string of the molecule is C[C@H](Cc1c[nH]c2c(CI)cccc12)N(C)C. The Hall–Kier alpha value is -0.550. The summed E-state index contributed by atoms with van der Waals surface area (Å²) in [6.07, 6.45) is 3.26. The van der Waals surface area contributed by atoms with Crippen molar-refractivity contribution in [3.05, 3.63) is 35.5 Å². The second-order valence-corrected chi connectivity index (χ2v) is 5.57. The molecule has 92 valence electrons. The second-order valence-electron chi connectivity index (χ2n) is 4.80. The average Bonchev–Trinajstić information content (AvgIpc) is 2.72. The van der Waals surface area contributed by atoms with Gasteiger partial charge in [-0.1, -0.05) is 40.8 Å². The van der Waals surface area contributed by atoms with Gasteiger partial charge in [-0.05, 0) is 38.6 Å².